The maximum atomic E-state index is 13.5. The zero-order valence-electron chi connectivity index (χ0n) is 10.5. The van der Waals surface area contributed by atoms with Crippen LogP contribution >= 0.6 is 15.9 Å². The number of rotatable bonds is 6. The summed E-state index contributed by atoms with van der Waals surface area (Å²) >= 11 is 2.92. The van der Waals surface area contributed by atoms with Gasteiger partial charge in [0.2, 0.25) is 10.0 Å². The molecule has 8 heteroatoms. The summed E-state index contributed by atoms with van der Waals surface area (Å²) in [5.41, 5.74) is -0.659. The van der Waals surface area contributed by atoms with Crippen LogP contribution in [0.1, 0.15) is 13.8 Å². The van der Waals surface area contributed by atoms with Gasteiger partial charge in [-0.05, 0) is 12.1 Å². The molecule has 1 aromatic rings. The number of hydrogen-bond acceptors (Lipinski definition) is 3. The van der Waals surface area contributed by atoms with Crippen molar-refractivity contribution in [3.8, 4) is 0 Å². The van der Waals surface area contributed by atoms with Crippen molar-refractivity contribution < 1.29 is 17.2 Å². The second-order valence-electron chi connectivity index (χ2n) is 4.27. The summed E-state index contributed by atoms with van der Waals surface area (Å²) < 4.78 is 52.4. The molecule has 0 fully saturated rings. The van der Waals surface area contributed by atoms with E-state index in [0.717, 1.165) is 12.1 Å². The van der Waals surface area contributed by atoms with E-state index in [9.17, 15) is 17.2 Å². The zero-order valence-corrected chi connectivity index (χ0v) is 12.9. The highest BCUT2D eigenvalue weighted by Crippen LogP contribution is 2.24. The quantitative estimate of drug-likeness (QED) is 0.823. The average molecular weight is 357 g/mol. The Kier molecular flexibility index (Phi) is 5.69. The molecule has 1 rings (SSSR count). The number of anilines is 1. The third-order valence-electron chi connectivity index (χ3n) is 2.19. The molecule has 108 valence electrons. The van der Waals surface area contributed by atoms with Crippen LogP contribution in [-0.4, -0.2) is 26.8 Å². The van der Waals surface area contributed by atoms with E-state index < -0.39 is 27.3 Å². The minimum Gasteiger partial charge on any atom is -0.313 e. The van der Waals surface area contributed by atoms with Gasteiger partial charge in [-0.25, -0.2) is 17.2 Å². The lowest BCUT2D eigenvalue weighted by molar-refractivity contribution is 0.574. The van der Waals surface area contributed by atoms with E-state index in [1.807, 2.05) is 18.6 Å². The molecule has 0 heterocycles. The Morgan fingerprint density at radius 2 is 1.79 bits per heavy atom. The Labute approximate surface area is 119 Å². The molecule has 0 aliphatic carbocycles. The minimum absolute atomic E-state index is 0.136. The summed E-state index contributed by atoms with van der Waals surface area (Å²) in [5, 5.41) is 2.91. The largest absolute Gasteiger partial charge is 0.313 e. The van der Waals surface area contributed by atoms with Gasteiger partial charge in [0.05, 0.1) is 5.75 Å². The van der Waals surface area contributed by atoms with Gasteiger partial charge in [-0.15, -0.1) is 0 Å². The van der Waals surface area contributed by atoms with Crippen molar-refractivity contribution in [2.45, 2.75) is 19.9 Å². The van der Waals surface area contributed by atoms with Crippen molar-refractivity contribution in [3.63, 3.8) is 0 Å². The van der Waals surface area contributed by atoms with E-state index in [0.29, 0.717) is 0 Å². The van der Waals surface area contributed by atoms with Crippen LogP contribution in [-0.2, 0) is 10.0 Å². The lowest BCUT2D eigenvalue weighted by Gasteiger charge is -2.12. The van der Waals surface area contributed by atoms with Crippen LogP contribution in [0.4, 0.5) is 14.5 Å². The normalized spacial score (nSPS) is 11.9. The molecule has 19 heavy (non-hydrogen) atoms. The molecule has 0 aliphatic heterocycles. The van der Waals surface area contributed by atoms with Crippen LogP contribution in [0.2, 0.25) is 0 Å². The van der Waals surface area contributed by atoms with E-state index in [4.69, 9.17) is 0 Å². The van der Waals surface area contributed by atoms with Crippen LogP contribution in [0, 0.1) is 11.6 Å². The van der Waals surface area contributed by atoms with Crippen molar-refractivity contribution in [1.82, 2.24) is 5.32 Å². The monoisotopic (exact) mass is 356 g/mol. The van der Waals surface area contributed by atoms with Gasteiger partial charge in [-0.2, -0.15) is 0 Å². The lowest BCUT2D eigenvalue weighted by Crippen LogP contribution is -2.31. The molecule has 0 saturated heterocycles. The van der Waals surface area contributed by atoms with Crippen molar-refractivity contribution in [1.29, 1.82) is 0 Å². The van der Waals surface area contributed by atoms with Gasteiger partial charge in [0.1, 0.15) is 5.69 Å². The standard InChI is InChI=1S/C11H15BrF2N2O2S/c1-7(2)15-3-4-19(17,18)16-11-9(13)5-8(12)6-10(11)14/h5-7,15-16H,3-4H2,1-2H3. The number of halogens is 3. The predicted molar refractivity (Wildman–Crippen MR) is 74.6 cm³/mol. The summed E-state index contributed by atoms with van der Waals surface area (Å²) in [7, 11) is -3.80. The number of hydrogen-bond donors (Lipinski definition) is 2. The highest BCUT2D eigenvalue weighted by molar-refractivity contribution is 9.10. The van der Waals surface area contributed by atoms with Crippen LogP contribution in [0.5, 0.6) is 0 Å². The predicted octanol–water partition coefficient (Wildman–Crippen LogP) is 2.47. The molecule has 4 nitrogen and oxygen atoms in total. The average Bonchev–Trinajstić information content (AvgIpc) is 2.22. The molecular formula is C11H15BrF2N2O2S. The molecule has 0 atom stereocenters. The van der Waals surface area contributed by atoms with E-state index in [1.165, 1.54) is 0 Å². The molecular weight excluding hydrogens is 342 g/mol. The van der Waals surface area contributed by atoms with Gasteiger partial charge >= 0.3 is 0 Å². The molecule has 0 bridgehead atoms. The van der Waals surface area contributed by atoms with Crippen LogP contribution in [0.15, 0.2) is 16.6 Å². The van der Waals surface area contributed by atoms with Crippen LogP contribution < -0.4 is 10.0 Å². The number of nitrogens with one attached hydrogen (secondary N) is 2. The van der Waals surface area contributed by atoms with Gasteiger partial charge in [-0.3, -0.25) is 4.72 Å². The molecule has 1 aromatic carbocycles. The maximum Gasteiger partial charge on any atom is 0.234 e. The molecule has 0 amide bonds. The topological polar surface area (TPSA) is 58.2 Å². The van der Waals surface area contributed by atoms with E-state index >= 15 is 0 Å². The summed E-state index contributed by atoms with van der Waals surface area (Å²) in [5.74, 6) is -2.19. The first-order valence-corrected chi connectivity index (χ1v) is 8.04. The minimum atomic E-state index is -3.80. The zero-order chi connectivity index (χ0) is 14.6. The first-order chi connectivity index (χ1) is 8.71. The highest BCUT2D eigenvalue weighted by atomic mass is 79.9. The Bertz CT molecular complexity index is 527. The fraction of sp³-hybridized carbons (Fsp3) is 0.455. The summed E-state index contributed by atoms with van der Waals surface area (Å²) in [6.07, 6.45) is 0. The van der Waals surface area contributed by atoms with E-state index in [1.54, 1.807) is 0 Å². The third-order valence-corrected chi connectivity index (χ3v) is 3.90. The van der Waals surface area contributed by atoms with Crippen LogP contribution in [0.25, 0.3) is 0 Å². The molecule has 0 radical (unpaired) electrons. The van der Waals surface area contributed by atoms with Gasteiger partial charge < -0.3 is 5.32 Å². The Hall–Kier alpha value is -0.730. The van der Waals surface area contributed by atoms with Crippen molar-refractivity contribution in [2.75, 3.05) is 17.0 Å². The van der Waals surface area contributed by atoms with Gasteiger partial charge in [0.15, 0.2) is 11.6 Å². The third kappa shape index (κ3) is 5.42. The Morgan fingerprint density at radius 3 is 2.26 bits per heavy atom. The molecule has 0 spiro atoms. The first-order valence-electron chi connectivity index (χ1n) is 5.59. The number of benzene rings is 1. The second kappa shape index (κ2) is 6.62. The van der Waals surface area contributed by atoms with E-state index in [-0.39, 0.29) is 22.8 Å². The summed E-state index contributed by atoms with van der Waals surface area (Å²) in [6.45, 7) is 3.94. The molecule has 0 unspecified atom stereocenters. The summed E-state index contributed by atoms with van der Waals surface area (Å²) in [6, 6.07) is 2.12. The summed E-state index contributed by atoms with van der Waals surface area (Å²) in [4.78, 5) is 0. The first kappa shape index (κ1) is 16.3. The van der Waals surface area contributed by atoms with Crippen molar-refractivity contribution in [3.05, 3.63) is 28.2 Å². The lowest BCUT2D eigenvalue weighted by atomic mass is 10.3. The van der Waals surface area contributed by atoms with Gasteiger partial charge in [0.25, 0.3) is 0 Å². The SMILES string of the molecule is CC(C)NCCS(=O)(=O)Nc1c(F)cc(Br)cc1F. The van der Waals surface area contributed by atoms with Gasteiger partial charge in [-0.1, -0.05) is 29.8 Å². The molecule has 0 saturated carbocycles. The molecule has 0 aromatic heterocycles. The smallest absolute Gasteiger partial charge is 0.234 e. The van der Waals surface area contributed by atoms with Crippen molar-refractivity contribution in [2.24, 2.45) is 0 Å². The number of sulfonamides is 1. The fourth-order valence-electron chi connectivity index (χ4n) is 1.33. The molecule has 0 aliphatic rings. The maximum absolute atomic E-state index is 13.5. The highest BCUT2D eigenvalue weighted by Gasteiger charge is 2.17. The Morgan fingerprint density at radius 1 is 1.26 bits per heavy atom. The van der Waals surface area contributed by atoms with E-state index in [2.05, 4.69) is 21.2 Å². The Balaban J connectivity index is 2.79. The van der Waals surface area contributed by atoms with Gasteiger partial charge in [0, 0.05) is 17.1 Å². The fourth-order valence-corrected chi connectivity index (χ4v) is 2.72. The second-order valence-corrected chi connectivity index (χ2v) is 7.03. The van der Waals surface area contributed by atoms with Crippen LogP contribution in [0.3, 0.4) is 0 Å². The van der Waals surface area contributed by atoms with Crippen molar-refractivity contribution >= 4 is 31.6 Å². The molecule has 2 N–H and O–H groups in total.